The molecule has 1 N–H and O–H groups in total. The van der Waals surface area contributed by atoms with Gasteiger partial charge in [-0.2, -0.15) is 0 Å². The van der Waals surface area contributed by atoms with Crippen molar-refractivity contribution in [1.29, 1.82) is 0 Å². The van der Waals surface area contributed by atoms with E-state index >= 15 is 0 Å². The van der Waals surface area contributed by atoms with E-state index in [1.54, 1.807) is 30.3 Å². The maximum atomic E-state index is 11.9. The maximum absolute atomic E-state index is 11.9. The molecule has 1 amide bonds. The molecular weight excluding hydrogens is 295 g/mol. The lowest BCUT2D eigenvalue weighted by molar-refractivity contribution is 0.102. The van der Waals surface area contributed by atoms with Crippen LogP contribution < -0.4 is 5.32 Å². The first-order chi connectivity index (χ1) is 8.58. The Morgan fingerprint density at radius 2 is 1.94 bits per heavy atom. The molecular formula is C12H7Cl3N2O. The monoisotopic (exact) mass is 300 g/mol. The van der Waals surface area contributed by atoms with E-state index in [0.29, 0.717) is 15.7 Å². The molecule has 18 heavy (non-hydrogen) atoms. The van der Waals surface area contributed by atoms with Gasteiger partial charge >= 0.3 is 0 Å². The number of amides is 1. The molecule has 0 aliphatic carbocycles. The van der Waals surface area contributed by atoms with E-state index in [0.717, 1.165) is 0 Å². The van der Waals surface area contributed by atoms with E-state index in [9.17, 15) is 4.79 Å². The molecule has 0 aliphatic rings. The van der Waals surface area contributed by atoms with Crippen molar-refractivity contribution in [3.05, 3.63) is 57.3 Å². The van der Waals surface area contributed by atoms with Crippen LogP contribution in [0.15, 0.2) is 36.5 Å². The van der Waals surface area contributed by atoms with Crippen LogP contribution >= 0.6 is 34.8 Å². The number of nitrogens with zero attached hydrogens (tertiary/aromatic N) is 1. The summed E-state index contributed by atoms with van der Waals surface area (Å²) in [5.74, 6) is -0.377. The molecule has 1 aromatic heterocycles. The summed E-state index contributed by atoms with van der Waals surface area (Å²) >= 11 is 17.5. The van der Waals surface area contributed by atoms with Gasteiger partial charge in [0.15, 0.2) is 0 Å². The molecule has 0 bridgehead atoms. The molecule has 0 spiro atoms. The fraction of sp³-hybridized carbons (Fsp3) is 0. The van der Waals surface area contributed by atoms with Gasteiger partial charge in [0, 0.05) is 11.2 Å². The van der Waals surface area contributed by atoms with Gasteiger partial charge < -0.3 is 5.32 Å². The molecule has 0 fully saturated rings. The summed E-state index contributed by atoms with van der Waals surface area (Å²) < 4.78 is 0. The molecule has 0 saturated heterocycles. The molecule has 0 unspecified atom stereocenters. The number of hydrogen-bond acceptors (Lipinski definition) is 2. The lowest BCUT2D eigenvalue weighted by atomic mass is 10.2. The third kappa shape index (κ3) is 2.93. The van der Waals surface area contributed by atoms with Crippen molar-refractivity contribution in [2.45, 2.75) is 0 Å². The Hall–Kier alpha value is -1.29. The number of aromatic nitrogens is 1. The van der Waals surface area contributed by atoms with E-state index in [1.807, 2.05) is 0 Å². The summed E-state index contributed by atoms with van der Waals surface area (Å²) in [4.78, 5) is 15.8. The highest BCUT2D eigenvalue weighted by atomic mass is 35.5. The molecule has 0 saturated carbocycles. The molecule has 0 atom stereocenters. The van der Waals surface area contributed by atoms with Crippen LogP contribution in [0.1, 0.15) is 10.4 Å². The van der Waals surface area contributed by atoms with Crippen LogP contribution in [0.25, 0.3) is 0 Å². The van der Waals surface area contributed by atoms with Crippen molar-refractivity contribution >= 4 is 46.4 Å². The quantitative estimate of drug-likeness (QED) is 0.841. The normalized spacial score (nSPS) is 10.2. The highest BCUT2D eigenvalue weighted by Gasteiger charge is 2.12. The molecule has 1 heterocycles. The van der Waals surface area contributed by atoms with Gasteiger partial charge in [-0.05, 0) is 30.3 Å². The summed E-state index contributed by atoms with van der Waals surface area (Å²) in [5.41, 5.74) is 0.746. The third-order valence-electron chi connectivity index (χ3n) is 2.18. The Labute approximate surface area is 119 Å². The highest BCUT2D eigenvalue weighted by Crippen LogP contribution is 2.26. The zero-order valence-electron chi connectivity index (χ0n) is 8.95. The Morgan fingerprint density at radius 1 is 1.17 bits per heavy atom. The molecule has 0 aliphatic heterocycles. The largest absolute Gasteiger partial charge is 0.321 e. The Balaban J connectivity index is 2.24. The van der Waals surface area contributed by atoms with Gasteiger partial charge in [-0.25, -0.2) is 4.98 Å². The van der Waals surface area contributed by atoms with Gasteiger partial charge in [0.05, 0.1) is 16.3 Å². The van der Waals surface area contributed by atoms with E-state index in [4.69, 9.17) is 34.8 Å². The summed E-state index contributed by atoms with van der Waals surface area (Å²) in [7, 11) is 0. The first kappa shape index (κ1) is 13.1. The molecule has 92 valence electrons. The van der Waals surface area contributed by atoms with Crippen molar-refractivity contribution in [2.24, 2.45) is 0 Å². The molecule has 1 aromatic carbocycles. The Morgan fingerprint density at radius 3 is 2.61 bits per heavy atom. The fourth-order valence-corrected chi connectivity index (χ4v) is 2.00. The average Bonchev–Trinajstić information content (AvgIpc) is 2.33. The minimum Gasteiger partial charge on any atom is -0.321 e. The van der Waals surface area contributed by atoms with Crippen LogP contribution in [0, 0.1) is 0 Å². The fourth-order valence-electron chi connectivity index (χ4n) is 1.34. The van der Waals surface area contributed by atoms with Crippen LogP contribution in [0.4, 0.5) is 5.69 Å². The zero-order valence-corrected chi connectivity index (χ0v) is 11.2. The van der Waals surface area contributed by atoms with Crippen LogP contribution in [-0.4, -0.2) is 10.9 Å². The van der Waals surface area contributed by atoms with Crippen molar-refractivity contribution in [1.82, 2.24) is 4.98 Å². The van der Waals surface area contributed by atoms with E-state index in [1.165, 1.54) is 6.20 Å². The first-order valence-electron chi connectivity index (χ1n) is 4.95. The molecule has 0 radical (unpaired) electrons. The number of carbonyl (C=O) groups is 1. The Kier molecular flexibility index (Phi) is 4.07. The lowest BCUT2D eigenvalue weighted by Crippen LogP contribution is -2.13. The van der Waals surface area contributed by atoms with E-state index in [-0.39, 0.29) is 16.6 Å². The second-order valence-corrected chi connectivity index (χ2v) is 4.62. The number of nitrogens with one attached hydrogen (secondary N) is 1. The number of carbonyl (C=O) groups excluding carboxylic acids is 1. The van der Waals surface area contributed by atoms with E-state index < -0.39 is 0 Å². The van der Waals surface area contributed by atoms with Gasteiger partial charge in [0.1, 0.15) is 5.15 Å². The van der Waals surface area contributed by atoms with Crippen LogP contribution in [0.5, 0.6) is 0 Å². The molecule has 6 heteroatoms. The molecule has 2 aromatic rings. The predicted molar refractivity (Wildman–Crippen MR) is 73.7 cm³/mol. The average molecular weight is 302 g/mol. The molecule has 2 rings (SSSR count). The second kappa shape index (κ2) is 5.57. The molecule has 3 nitrogen and oxygen atoms in total. The second-order valence-electron chi connectivity index (χ2n) is 3.42. The van der Waals surface area contributed by atoms with Gasteiger partial charge in [0.25, 0.3) is 5.91 Å². The summed E-state index contributed by atoms with van der Waals surface area (Å²) in [6.07, 6.45) is 1.51. The Bertz CT molecular complexity index is 602. The first-order valence-corrected chi connectivity index (χ1v) is 6.08. The number of hydrogen-bond donors (Lipinski definition) is 1. The number of halogens is 3. The number of rotatable bonds is 2. The summed E-state index contributed by atoms with van der Waals surface area (Å²) in [6.45, 7) is 0. The van der Waals surface area contributed by atoms with Crippen molar-refractivity contribution in [3.8, 4) is 0 Å². The van der Waals surface area contributed by atoms with Gasteiger partial charge in [-0.3, -0.25) is 4.79 Å². The van der Waals surface area contributed by atoms with E-state index in [2.05, 4.69) is 10.3 Å². The maximum Gasteiger partial charge on any atom is 0.258 e. The number of pyridine rings is 1. The van der Waals surface area contributed by atoms with Crippen LogP contribution in [0.3, 0.4) is 0 Å². The van der Waals surface area contributed by atoms with Gasteiger partial charge in [-0.15, -0.1) is 0 Å². The zero-order chi connectivity index (χ0) is 13.1. The van der Waals surface area contributed by atoms with Gasteiger partial charge in [0.2, 0.25) is 0 Å². The smallest absolute Gasteiger partial charge is 0.258 e. The van der Waals surface area contributed by atoms with Crippen molar-refractivity contribution in [3.63, 3.8) is 0 Å². The SMILES string of the molecule is O=C(Nc1ccc(Cl)cc1Cl)c1cccnc1Cl. The number of benzene rings is 1. The lowest BCUT2D eigenvalue weighted by Gasteiger charge is -2.08. The van der Waals surface area contributed by atoms with Crippen LogP contribution in [-0.2, 0) is 0 Å². The predicted octanol–water partition coefficient (Wildman–Crippen LogP) is 4.29. The minimum absolute atomic E-state index is 0.139. The minimum atomic E-state index is -0.377. The highest BCUT2D eigenvalue weighted by molar-refractivity contribution is 6.37. The summed E-state index contributed by atoms with van der Waals surface area (Å²) in [5, 5.41) is 3.63. The third-order valence-corrected chi connectivity index (χ3v) is 3.03. The standard InChI is InChI=1S/C12H7Cl3N2O/c13-7-3-4-10(9(14)6-7)17-12(18)8-2-1-5-16-11(8)15/h1-6H,(H,17,18). The van der Waals surface area contributed by atoms with Gasteiger partial charge in [-0.1, -0.05) is 34.8 Å². The van der Waals surface area contributed by atoms with Crippen LogP contribution in [0.2, 0.25) is 15.2 Å². The topological polar surface area (TPSA) is 42.0 Å². The van der Waals surface area contributed by atoms with Crippen molar-refractivity contribution < 1.29 is 4.79 Å². The van der Waals surface area contributed by atoms with Crippen molar-refractivity contribution in [2.75, 3.05) is 5.32 Å². The summed E-state index contributed by atoms with van der Waals surface area (Å²) in [6, 6.07) is 8.00. The number of anilines is 1.